The number of hydrogen-bond donors (Lipinski definition) is 2. The largest absolute Gasteiger partial charge is 0.467 e. The molecule has 0 radical (unpaired) electrons. The van der Waals surface area contributed by atoms with Gasteiger partial charge in [-0.2, -0.15) is 0 Å². The van der Waals surface area contributed by atoms with Gasteiger partial charge in [0.25, 0.3) is 5.91 Å². The Morgan fingerprint density at radius 3 is 2.50 bits per heavy atom. The van der Waals surface area contributed by atoms with Crippen molar-refractivity contribution in [1.82, 2.24) is 10.3 Å². The Bertz CT molecular complexity index is 981. The van der Waals surface area contributed by atoms with Crippen LogP contribution < -0.4 is 5.32 Å². The molecule has 1 aromatic heterocycles. The molecule has 2 aromatic carbocycles. The van der Waals surface area contributed by atoms with Crippen LogP contribution in [0.25, 0.3) is 10.9 Å². The first kappa shape index (κ1) is 19.2. The van der Waals surface area contributed by atoms with Gasteiger partial charge in [0.2, 0.25) is 0 Å². The number of para-hydroxylation sites is 1. The fraction of sp³-hybridized carbons (Fsp3) is 0.190. The number of aromatic nitrogens is 1. The van der Waals surface area contributed by atoms with Crippen molar-refractivity contribution in [1.29, 1.82) is 0 Å². The third kappa shape index (κ3) is 4.56. The molecule has 0 fully saturated rings. The van der Waals surface area contributed by atoms with Crippen LogP contribution in [0.3, 0.4) is 0 Å². The Morgan fingerprint density at radius 2 is 1.75 bits per heavy atom. The number of amides is 1. The van der Waals surface area contributed by atoms with Gasteiger partial charge in [-0.3, -0.25) is 4.79 Å². The normalized spacial score (nSPS) is 11.6. The Balaban J connectivity index is 1.59. The lowest BCUT2D eigenvalue weighted by molar-refractivity contribution is -0.145. The minimum Gasteiger partial charge on any atom is -0.467 e. The van der Waals surface area contributed by atoms with Crippen LogP contribution in [-0.4, -0.2) is 42.6 Å². The monoisotopic (exact) mass is 380 g/mol. The number of carbonyl (C=O) groups is 3. The first-order valence-electron chi connectivity index (χ1n) is 8.73. The summed E-state index contributed by atoms with van der Waals surface area (Å²) in [5, 5.41) is 3.27. The van der Waals surface area contributed by atoms with E-state index < -0.39 is 30.5 Å². The Hall–Kier alpha value is -3.61. The lowest BCUT2D eigenvalue weighted by Crippen LogP contribution is -2.44. The van der Waals surface area contributed by atoms with Crippen LogP contribution in [0.2, 0.25) is 0 Å². The first-order valence-corrected chi connectivity index (χ1v) is 8.73. The molecule has 144 valence electrons. The number of rotatable bonds is 7. The molecular formula is C21H20N2O5. The quantitative estimate of drug-likeness (QED) is 0.613. The van der Waals surface area contributed by atoms with Gasteiger partial charge in [-0.15, -0.1) is 0 Å². The topological polar surface area (TPSA) is 97.5 Å². The second-order valence-corrected chi connectivity index (χ2v) is 6.16. The third-order valence-electron chi connectivity index (χ3n) is 4.25. The number of hydrogen-bond acceptors (Lipinski definition) is 5. The van der Waals surface area contributed by atoms with Gasteiger partial charge in [0.15, 0.2) is 6.61 Å². The van der Waals surface area contributed by atoms with Crippen molar-refractivity contribution in [3.05, 3.63) is 71.9 Å². The first-order chi connectivity index (χ1) is 13.6. The second-order valence-electron chi connectivity index (χ2n) is 6.16. The van der Waals surface area contributed by atoms with Crippen molar-refractivity contribution in [2.24, 2.45) is 0 Å². The molecule has 2 N–H and O–H groups in total. The van der Waals surface area contributed by atoms with Crippen molar-refractivity contribution in [2.75, 3.05) is 13.7 Å². The summed E-state index contributed by atoms with van der Waals surface area (Å²) in [5.41, 5.74) is 2.01. The average Bonchev–Trinajstić information content (AvgIpc) is 3.16. The summed E-state index contributed by atoms with van der Waals surface area (Å²) >= 11 is 0. The fourth-order valence-corrected chi connectivity index (χ4v) is 2.87. The zero-order chi connectivity index (χ0) is 19.9. The number of esters is 2. The molecule has 0 saturated carbocycles. The van der Waals surface area contributed by atoms with Crippen molar-refractivity contribution < 1.29 is 23.9 Å². The molecular weight excluding hydrogens is 360 g/mol. The maximum Gasteiger partial charge on any atom is 0.340 e. The van der Waals surface area contributed by atoms with Gasteiger partial charge < -0.3 is 19.8 Å². The summed E-state index contributed by atoms with van der Waals surface area (Å²) in [5.74, 6) is -1.77. The molecule has 0 aliphatic carbocycles. The molecule has 1 amide bonds. The van der Waals surface area contributed by atoms with Crippen molar-refractivity contribution in [2.45, 2.75) is 12.5 Å². The summed E-state index contributed by atoms with van der Waals surface area (Å²) in [6.45, 7) is -0.499. The summed E-state index contributed by atoms with van der Waals surface area (Å²) < 4.78 is 9.85. The molecule has 0 aliphatic heterocycles. The Kier molecular flexibility index (Phi) is 6.06. The number of carbonyl (C=O) groups excluding carboxylic acids is 3. The van der Waals surface area contributed by atoms with Crippen LogP contribution in [0.4, 0.5) is 0 Å². The minimum absolute atomic E-state index is 0.273. The van der Waals surface area contributed by atoms with E-state index in [1.54, 1.807) is 6.07 Å². The highest BCUT2D eigenvalue weighted by molar-refractivity contribution is 6.04. The molecule has 1 heterocycles. The fourth-order valence-electron chi connectivity index (χ4n) is 2.87. The van der Waals surface area contributed by atoms with Crippen LogP contribution in [-0.2, 0) is 25.5 Å². The van der Waals surface area contributed by atoms with Gasteiger partial charge >= 0.3 is 11.9 Å². The predicted octanol–water partition coefficient (Wildman–Crippen LogP) is 2.23. The van der Waals surface area contributed by atoms with E-state index in [-0.39, 0.29) is 6.42 Å². The zero-order valence-electron chi connectivity index (χ0n) is 15.3. The van der Waals surface area contributed by atoms with Gasteiger partial charge in [0, 0.05) is 23.5 Å². The molecule has 0 bridgehead atoms. The maximum atomic E-state index is 12.3. The third-order valence-corrected chi connectivity index (χ3v) is 4.25. The van der Waals surface area contributed by atoms with E-state index in [4.69, 9.17) is 9.47 Å². The van der Waals surface area contributed by atoms with E-state index in [1.165, 1.54) is 13.3 Å². The SMILES string of the molecule is COC(=O)[C@@H](Cc1ccccc1)NC(=O)COC(=O)c1c[nH]c2ccccc12. The van der Waals surface area contributed by atoms with Crippen LogP contribution in [0, 0.1) is 0 Å². The van der Waals surface area contributed by atoms with Crippen molar-refractivity contribution in [3.8, 4) is 0 Å². The molecule has 0 unspecified atom stereocenters. The molecule has 0 saturated heterocycles. The van der Waals surface area contributed by atoms with E-state index in [2.05, 4.69) is 10.3 Å². The van der Waals surface area contributed by atoms with Crippen LogP contribution in [0.15, 0.2) is 60.8 Å². The summed E-state index contributed by atoms with van der Waals surface area (Å²) in [4.78, 5) is 39.4. The molecule has 28 heavy (non-hydrogen) atoms. The standard InChI is InChI=1S/C21H20N2O5/c1-27-21(26)18(11-14-7-3-2-4-8-14)23-19(24)13-28-20(25)16-12-22-17-10-6-5-9-15(16)17/h2-10,12,18,22H,11,13H2,1H3,(H,23,24)/t18-/m1/s1. The number of fused-ring (bicyclic) bond motifs is 1. The summed E-state index contributed by atoms with van der Waals surface area (Å²) in [6, 6.07) is 15.6. The number of benzene rings is 2. The number of H-pyrrole nitrogens is 1. The molecule has 7 nitrogen and oxygen atoms in total. The van der Waals surface area contributed by atoms with Gasteiger partial charge in [0.1, 0.15) is 6.04 Å². The second kappa shape index (κ2) is 8.85. The zero-order valence-corrected chi connectivity index (χ0v) is 15.3. The van der Waals surface area contributed by atoms with Gasteiger partial charge in [0.05, 0.1) is 12.7 Å². The van der Waals surface area contributed by atoms with E-state index >= 15 is 0 Å². The molecule has 0 aliphatic rings. The van der Waals surface area contributed by atoms with E-state index in [0.29, 0.717) is 10.9 Å². The lowest BCUT2D eigenvalue weighted by atomic mass is 10.1. The molecule has 7 heteroatoms. The highest BCUT2D eigenvalue weighted by Crippen LogP contribution is 2.18. The van der Waals surface area contributed by atoms with Gasteiger partial charge in [-0.1, -0.05) is 48.5 Å². The van der Waals surface area contributed by atoms with E-state index in [0.717, 1.165) is 11.1 Å². The Labute approximate surface area is 161 Å². The summed E-state index contributed by atoms with van der Waals surface area (Å²) in [6.07, 6.45) is 1.81. The predicted molar refractivity (Wildman–Crippen MR) is 103 cm³/mol. The van der Waals surface area contributed by atoms with E-state index in [1.807, 2.05) is 48.5 Å². The van der Waals surface area contributed by atoms with Crippen molar-refractivity contribution >= 4 is 28.7 Å². The Morgan fingerprint density at radius 1 is 1.04 bits per heavy atom. The summed E-state index contributed by atoms with van der Waals surface area (Å²) in [7, 11) is 1.25. The van der Waals surface area contributed by atoms with Crippen LogP contribution in [0.1, 0.15) is 15.9 Å². The number of ether oxygens (including phenoxy) is 2. The average molecular weight is 380 g/mol. The molecule has 0 spiro atoms. The van der Waals surface area contributed by atoms with Crippen LogP contribution in [0.5, 0.6) is 0 Å². The van der Waals surface area contributed by atoms with E-state index in [9.17, 15) is 14.4 Å². The molecule has 3 rings (SSSR count). The minimum atomic E-state index is -0.869. The van der Waals surface area contributed by atoms with Crippen LogP contribution >= 0.6 is 0 Å². The van der Waals surface area contributed by atoms with Crippen molar-refractivity contribution in [3.63, 3.8) is 0 Å². The number of nitrogens with one attached hydrogen (secondary N) is 2. The van der Waals surface area contributed by atoms with Gasteiger partial charge in [-0.05, 0) is 11.6 Å². The number of methoxy groups -OCH3 is 1. The highest BCUT2D eigenvalue weighted by Gasteiger charge is 2.23. The molecule has 3 aromatic rings. The number of aromatic amines is 1. The maximum absolute atomic E-state index is 12.3. The highest BCUT2D eigenvalue weighted by atomic mass is 16.5. The van der Waals surface area contributed by atoms with Gasteiger partial charge in [-0.25, -0.2) is 9.59 Å². The lowest BCUT2D eigenvalue weighted by Gasteiger charge is -2.16. The smallest absolute Gasteiger partial charge is 0.340 e. The molecule has 1 atom stereocenters.